The minimum Gasteiger partial charge on any atom is -0.481 e. The molecule has 0 heterocycles. The van der Waals surface area contributed by atoms with Gasteiger partial charge in [0.15, 0.2) is 0 Å². The Labute approximate surface area is 101 Å². The fourth-order valence-corrected chi connectivity index (χ4v) is 1.99. The van der Waals surface area contributed by atoms with Crippen molar-refractivity contribution < 1.29 is 14.7 Å². The molecule has 0 saturated heterocycles. The van der Waals surface area contributed by atoms with Gasteiger partial charge in [0.1, 0.15) is 0 Å². The molecule has 0 bridgehead atoms. The normalized spacial score (nSPS) is 23.4. The smallest absolute Gasteiger partial charge is 0.307 e. The van der Waals surface area contributed by atoms with Crippen molar-refractivity contribution in [3.63, 3.8) is 0 Å². The molecule has 0 aromatic carbocycles. The Hall–Kier alpha value is -1.36. The van der Waals surface area contributed by atoms with Crippen LogP contribution in [0.25, 0.3) is 0 Å². The van der Waals surface area contributed by atoms with E-state index < -0.39 is 17.8 Å². The Balaban J connectivity index is 2.43. The maximum atomic E-state index is 11.8. The quantitative estimate of drug-likeness (QED) is 0.466. The zero-order valence-electron chi connectivity index (χ0n) is 9.89. The molecule has 2 atom stereocenters. The van der Waals surface area contributed by atoms with E-state index in [0.29, 0.717) is 25.9 Å². The number of allylic oxidation sites excluding steroid dienone is 2. The van der Waals surface area contributed by atoms with Gasteiger partial charge in [-0.1, -0.05) is 12.2 Å². The number of amides is 1. The second-order valence-electron chi connectivity index (χ2n) is 4.28. The van der Waals surface area contributed by atoms with Crippen LogP contribution in [0.2, 0.25) is 0 Å². The number of aliphatic carboxylic acids is 1. The fraction of sp³-hybridized carbons (Fsp3) is 0.667. The molecule has 0 spiro atoms. The van der Waals surface area contributed by atoms with Crippen molar-refractivity contribution in [1.29, 1.82) is 0 Å². The van der Waals surface area contributed by atoms with Gasteiger partial charge in [-0.05, 0) is 32.2 Å². The number of hydrogen-bond donors (Lipinski definition) is 3. The summed E-state index contributed by atoms with van der Waals surface area (Å²) < 4.78 is 0. The number of hydrogen-bond acceptors (Lipinski definition) is 3. The van der Waals surface area contributed by atoms with Crippen LogP contribution in [-0.4, -0.2) is 30.1 Å². The largest absolute Gasteiger partial charge is 0.481 e. The molecule has 0 fully saturated rings. The second kappa shape index (κ2) is 7.06. The van der Waals surface area contributed by atoms with Crippen molar-refractivity contribution in [2.45, 2.75) is 25.7 Å². The number of rotatable bonds is 6. The third-order valence-corrected chi connectivity index (χ3v) is 3.02. The van der Waals surface area contributed by atoms with Gasteiger partial charge in [-0.3, -0.25) is 9.59 Å². The Morgan fingerprint density at radius 1 is 1.24 bits per heavy atom. The topological polar surface area (TPSA) is 92.4 Å². The van der Waals surface area contributed by atoms with Crippen LogP contribution in [0.5, 0.6) is 0 Å². The number of nitrogens with one attached hydrogen (secondary N) is 1. The molecule has 5 nitrogen and oxygen atoms in total. The summed E-state index contributed by atoms with van der Waals surface area (Å²) >= 11 is 0. The summed E-state index contributed by atoms with van der Waals surface area (Å²) in [6.07, 6.45) is 6.37. The first-order valence-corrected chi connectivity index (χ1v) is 6.02. The second-order valence-corrected chi connectivity index (χ2v) is 4.28. The first kappa shape index (κ1) is 13.7. The van der Waals surface area contributed by atoms with Gasteiger partial charge in [0.25, 0.3) is 0 Å². The lowest BCUT2D eigenvalue weighted by Gasteiger charge is -2.24. The van der Waals surface area contributed by atoms with E-state index in [9.17, 15) is 9.59 Å². The highest BCUT2D eigenvalue weighted by Gasteiger charge is 2.33. The number of nitrogens with two attached hydrogens (primary N) is 1. The van der Waals surface area contributed by atoms with Gasteiger partial charge in [-0.2, -0.15) is 0 Å². The van der Waals surface area contributed by atoms with Gasteiger partial charge in [0.05, 0.1) is 11.8 Å². The summed E-state index contributed by atoms with van der Waals surface area (Å²) in [5, 5.41) is 11.8. The number of carboxylic acid groups (broad SMARTS) is 1. The van der Waals surface area contributed by atoms with Crippen molar-refractivity contribution in [3.8, 4) is 0 Å². The van der Waals surface area contributed by atoms with Gasteiger partial charge >= 0.3 is 5.97 Å². The Kier molecular flexibility index (Phi) is 5.69. The summed E-state index contributed by atoms with van der Waals surface area (Å²) in [5.74, 6) is -2.07. The molecule has 1 amide bonds. The van der Waals surface area contributed by atoms with Gasteiger partial charge in [-0.15, -0.1) is 0 Å². The molecule has 1 rings (SSSR count). The molecule has 4 N–H and O–H groups in total. The average molecular weight is 240 g/mol. The maximum Gasteiger partial charge on any atom is 0.307 e. The summed E-state index contributed by atoms with van der Waals surface area (Å²) in [7, 11) is 0. The van der Waals surface area contributed by atoms with Crippen molar-refractivity contribution in [3.05, 3.63) is 12.2 Å². The van der Waals surface area contributed by atoms with Crippen LogP contribution >= 0.6 is 0 Å². The summed E-state index contributed by atoms with van der Waals surface area (Å²) in [5.41, 5.74) is 5.35. The molecule has 2 unspecified atom stereocenters. The minimum atomic E-state index is -0.892. The average Bonchev–Trinajstić information content (AvgIpc) is 2.34. The molecule has 1 aliphatic rings. The van der Waals surface area contributed by atoms with Crippen molar-refractivity contribution in [1.82, 2.24) is 5.32 Å². The Bertz CT molecular complexity index is 302. The van der Waals surface area contributed by atoms with E-state index in [1.54, 1.807) is 0 Å². The molecule has 1 aliphatic carbocycles. The van der Waals surface area contributed by atoms with Crippen molar-refractivity contribution >= 4 is 11.9 Å². The molecule has 96 valence electrons. The van der Waals surface area contributed by atoms with E-state index in [2.05, 4.69) is 5.32 Å². The SMILES string of the molecule is NCCCCNC(=O)C1CC=CCC1C(=O)O. The summed E-state index contributed by atoms with van der Waals surface area (Å²) in [6.45, 7) is 1.18. The standard InChI is InChI=1S/C12H20N2O3/c13-7-3-4-8-14-11(15)9-5-1-2-6-10(9)12(16)17/h1-2,9-10H,3-8,13H2,(H,14,15)(H,16,17). The molecule has 17 heavy (non-hydrogen) atoms. The molecular weight excluding hydrogens is 220 g/mol. The summed E-state index contributed by atoms with van der Waals surface area (Å²) in [6, 6.07) is 0. The van der Waals surface area contributed by atoms with Gasteiger partial charge < -0.3 is 16.2 Å². The van der Waals surface area contributed by atoms with Crippen LogP contribution in [0.15, 0.2) is 12.2 Å². The first-order chi connectivity index (χ1) is 8.16. The summed E-state index contributed by atoms with van der Waals surface area (Å²) in [4.78, 5) is 22.9. The third-order valence-electron chi connectivity index (χ3n) is 3.02. The lowest BCUT2D eigenvalue weighted by molar-refractivity contribution is -0.147. The van der Waals surface area contributed by atoms with E-state index >= 15 is 0 Å². The van der Waals surface area contributed by atoms with Crippen LogP contribution in [0.4, 0.5) is 0 Å². The van der Waals surface area contributed by atoms with Crippen LogP contribution < -0.4 is 11.1 Å². The lowest BCUT2D eigenvalue weighted by atomic mass is 9.82. The molecule has 0 aromatic rings. The van der Waals surface area contributed by atoms with Gasteiger partial charge in [-0.25, -0.2) is 0 Å². The van der Waals surface area contributed by atoms with E-state index in [0.717, 1.165) is 12.8 Å². The van der Waals surface area contributed by atoms with Crippen LogP contribution in [0, 0.1) is 11.8 Å². The highest BCUT2D eigenvalue weighted by molar-refractivity contribution is 5.85. The predicted octanol–water partition coefficient (Wildman–Crippen LogP) is 0.509. The first-order valence-electron chi connectivity index (χ1n) is 6.02. The highest BCUT2D eigenvalue weighted by atomic mass is 16.4. The zero-order chi connectivity index (χ0) is 12.7. The van der Waals surface area contributed by atoms with Crippen LogP contribution in [-0.2, 0) is 9.59 Å². The molecule has 0 aromatic heterocycles. The van der Waals surface area contributed by atoms with Crippen molar-refractivity contribution in [2.75, 3.05) is 13.1 Å². The van der Waals surface area contributed by atoms with E-state index in [1.165, 1.54) is 0 Å². The van der Waals surface area contributed by atoms with Crippen LogP contribution in [0.1, 0.15) is 25.7 Å². The molecular formula is C12H20N2O3. The molecule has 0 aliphatic heterocycles. The molecule has 0 radical (unpaired) electrons. The van der Waals surface area contributed by atoms with Gasteiger partial charge in [0.2, 0.25) is 5.91 Å². The predicted molar refractivity (Wildman–Crippen MR) is 64.3 cm³/mol. The van der Waals surface area contributed by atoms with Crippen LogP contribution in [0.3, 0.4) is 0 Å². The molecule has 5 heteroatoms. The monoisotopic (exact) mass is 240 g/mol. The van der Waals surface area contributed by atoms with Crippen molar-refractivity contribution in [2.24, 2.45) is 17.6 Å². The van der Waals surface area contributed by atoms with E-state index in [1.807, 2.05) is 12.2 Å². The Morgan fingerprint density at radius 3 is 2.47 bits per heavy atom. The number of carbonyl (C=O) groups is 2. The van der Waals surface area contributed by atoms with E-state index in [-0.39, 0.29) is 5.91 Å². The van der Waals surface area contributed by atoms with Gasteiger partial charge in [0, 0.05) is 6.54 Å². The number of unbranched alkanes of at least 4 members (excludes halogenated alkanes) is 1. The third kappa shape index (κ3) is 4.19. The van der Waals surface area contributed by atoms with E-state index in [4.69, 9.17) is 10.8 Å². The fourth-order valence-electron chi connectivity index (χ4n) is 1.99. The highest BCUT2D eigenvalue weighted by Crippen LogP contribution is 2.25. The lowest BCUT2D eigenvalue weighted by Crippen LogP contribution is -2.39. The minimum absolute atomic E-state index is 0.154. The zero-order valence-corrected chi connectivity index (χ0v) is 9.89. The number of carboxylic acids is 1. The Morgan fingerprint density at radius 2 is 1.88 bits per heavy atom. The maximum absolute atomic E-state index is 11.8. The molecule has 0 saturated carbocycles. The number of carbonyl (C=O) groups excluding carboxylic acids is 1.